The highest BCUT2D eigenvalue weighted by Crippen LogP contribution is 1.86. The summed E-state index contributed by atoms with van der Waals surface area (Å²) in [6, 6.07) is 0. The van der Waals surface area contributed by atoms with Crippen molar-refractivity contribution in [1.82, 2.24) is 16.1 Å². The SMILES string of the molecule is CC(C)CNC(=O)CNC(=O)C(=O)NN. The van der Waals surface area contributed by atoms with Crippen molar-refractivity contribution in [2.45, 2.75) is 13.8 Å². The molecule has 0 atom stereocenters. The van der Waals surface area contributed by atoms with Gasteiger partial charge in [-0.05, 0) is 5.92 Å². The molecule has 0 heterocycles. The third-order valence-corrected chi connectivity index (χ3v) is 1.45. The van der Waals surface area contributed by atoms with Gasteiger partial charge in [-0.1, -0.05) is 13.8 Å². The summed E-state index contributed by atoms with van der Waals surface area (Å²) in [5.41, 5.74) is 1.66. The topological polar surface area (TPSA) is 113 Å². The largest absolute Gasteiger partial charge is 0.354 e. The molecule has 15 heavy (non-hydrogen) atoms. The zero-order chi connectivity index (χ0) is 11.8. The molecular weight excluding hydrogens is 200 g/mol. The second-order valence-electron chi connectivity index (χ2n) is 3.35. The first-order chi connectivity index (χ1) is 6.97. The maximum absolute atomic E-state index is 11.1. The van der Waals surface area contributed by atoms with E-state index in [4.69, 9.17) is 5.84 Å². The van der Waals surface area contributed by atoms with E-state index in [1.165, 1.54) is 0 Å². The number of hydrogen-bond donors (Lipinski definition) is 4. The zero-order valence-electron chi connectivity index (χ0n) is 8.79. The Morgan fingerprint density at radius 3 is 2.20 bits per heavy atom. The molecule has 0 aromatic rings. The van der Waals surface area contributed by atoms with Gasteiger partial charge in [0.15, 0.2) is 0 Å². The van der Waals surface area contributed by atoms with Crippen molar-refractivity contribution in [2.24, 2.45) is 11.8 Å². The number of carbonyl (C=O) groups excluding carboxylic acids is 3. The van der Waals surface area contributed by atoms with Gasteiger partial charge >= 0.3 is 11.8 Å². The van der Waals surface area contributed by atoms with E-state index in [1.807, 2.05) is 13.8 Å². The second-order valence-corrected chi connectivity index (χ2v) is 3.35. The molecule has 0 saturated heterocycles. The van der Waals surface area contributed by atoms with Crippen molar-refractivity contribution in [1.29, 1.82) is 0 Å². The van der Waals surface area contributed by atoms with Crippen LogP contribution in [0.25, 0.3) is 0 Å². The average molecular weight is 216 g/mol. The number of amides is 3. The fourth-order valence-electron chi connectivity index (χ4n) is 0.687. The summed E-state index contributed by atoms with van der Waals surface area (Å²) >= 11 is 0. The smallest absolute Gasteiger partial charge is 0.323 e. The molecule has 0 bridgehead atoms. The molecule has 0 saturated carbocycles. The molecule has 5 N–H and O–H groups in total. The van der Waals surface area contributed by atoms with Gasteiger partial charge in [-0.3, -0.25) is 19.8 Å². The van der Waals surface area contributed by atoms with Gasteiger partial charge < -0.3 is 10.6 Å². The van der Waals surface area contributed by atoms with Crippen molar-refractivity contribution in [3.8, 4) is 0 Å². The molecule has 0 radical (unpaired) electrons. The van der Waals surface area contributed by atoms with Crippen molar-refractivity contribution >= 4 is 17.7 Å². The molecule has 0 aliphatic heterocycles. The highest BCUT2D eigenvalue weighted by molar-refractivity contribution is 6.35. The zero-order valence-corrected chi connectivity index (χ0v) is 8.79. The third kappa shape index (κ3) is 6.44. The van der Waals surface area contributed by atoms with Crippen LogP contribution in [0, 0.1) is 5.92 Å². The lowest BCUT2D eigenvalue weighted by molar-refractivity contribution is -0.139. The second kappa shape index (κ2) is 6.77. The molecule has 7 heteroatoms. The van der Waals surface area contributed by atoms with Gasteiger partial charge in [0.2, 0.25) is 5.91 Å². The number of nitrogens with one attached hydrogen (secondary N) is 3. The molecular formula is C8H16N4O3. The van der Waals surface area contributed by atoms with Crippen molar-refractivity contribution in [3.05, 3.63) is 0 Å². The van der Waals surface area contributed by atoms with Crippen molar-refractivity contribution < 1.29 is 14.4 Å². The first-order valence-corrected chi connectivity index (χ1v) is 4.52. The van der Waals surface area contributed by atoms with Gasteiger partial charge in [0, 0.05) is 6.54 Å². The molecule has 86 valence electrons. The van der Waals surface area contributed by atoms with Crippen LogP contribution < -0.4 is 21.9 Å². The minimum atomic E-state index is -0.980. The summed E-state index contributed by atoms with van der Waals surface area (Å²) < 4.78 is 0. The quantitative estimate of drug-likeness (QED) is 0.186. The fourth-order valence-corrected chi connectivity index (χ4v) is 0.687. The number of hydrogen-bond acceptors (Lipinski definition) is 4. The van der Waals surface area contributed by atoms with Gasteiger partial charge in [-0.25, -0.2) is 5.84 Å². The molecule has 0 aliphatic rings. The highest BCUT2D eigenvalue weighted by atomic mass is 16.2. The van der Waals surface area contributed by atoms with Gasteiger partial charge in [-0.2, -0.15) is 0 Å². The molecule has 0 aromatic carbocycles. The van der Waals surface area contributed by atoms with Crippen molar-refractivity contribution in [2.75, 3.05) is 13.1 Å². The maximum atomic E-state index is 11.1. The Hall–Kier alpha value is -1.63. The summed E-state index contributed by atoms with van der Waals surface area (Å²) in [5.74, 6) is 2.79. The molecule has 0 unspecified atom stereocenters. The Kier molecular flexibility index (Phi) is 6.03. The van der Waals surface area contributed by atoms with E-state index in [2.05, 4.69) is 10.6 Å². The Morgan fingerprint density at radius 1 is 1.13 bits per heavy atom. The van der Waals surface area contributed by atoms with E-state index in [-0.39, 0.29) is 12.5 Å². The minimum Gasteiger partial charge on any atom is -0.354 e. The first kappa shape index (κ1) is 13.4. The number of rotatable bonds is 4. The van der Waals surface area contributed by atoms with Crippen LogP contribution in [0.1, 0.15) is 13.8 Å². The predicted molar refractivity (Wildman–Crippen MR) is 53.2 cm³/mol. The van der Waals surface area contributed by atoms with Crippen LogP contribution in [0.4, 0.5) is 0 Å². The third-order valence-electron chi connectivity index (χ3n) is 1.45. The minimum absolute atomic E-state index is 0.237. The van der Waals surface area contributed by atoms with Crippen LogP contribution in [0.2, 0.25) is 0 Å². The number of nitrogens with two attached hydrogens (primary N) is 1. The van der Waals surface area contributed by atoms with E-state index in [9.17, 15) is 14.4 Å². The Labute approximate surface area is 87.7 Å². The number of hydrazine groups is 1. The number of carbonyl (C=O) groups is 3. The molecule has 0 aliphatic carbocycles. The Balaban J connectivity index is 3.71. The van der Waals surface area contributed by atoms with Crippen LogP contribution >= 0.6 is 0 Å². The van der Waals surface area contributed by atoms with Crippen LogP contribution in [-0.4, -0.2) is 30.8 Å². The molecule has 0 aromatic heterocycles. The maximum Gasteiger partial charge on any atom is 0.323 e. The monoisotopic (exact) mass is 216 g/mol. The van der Waals surface area contributed by atoms with Gasteiger partial charge in [0.1, 0.15) is 0 Å². The van der Waals surface area contributed by atoms with E-state index in [0.717, 1.165) is 0 Å². The fraction of sp³-hybridized carbons (Fsp3) is 0.625. The van der Waals surface area contributed by atoms with Crippen molar-refractivity contribution in [3.63, 3.8) is 0 Å². The normalized spacial score (nSPS) is 9.60. The summed E-state index contributed by atoms with van der Waals surface area (Å²) in [6.45, 7) is 4.18. The molecule has 0 fully saturated rings. The lowest BCUT2D eigenvalue weighted by Crippen LogP contribution is -2.46. The van der Waals surface area contributed by atoms with Crippen LogP contribution in [0.15, 0.2) is 0 Å². The Bertz CT molecular complexity index is 252. The van der Waals surface area contributed by atoms with Gasteiger partial charge in [0.05, 0.1) is 6.54 Å². The predicted octanol–water partition coefficient (Wildman–Crippen LogP) is -2.14. The Morgan fingerprint density at radius 2 is 1.73 bits per heavy atom. The van der Waals surface area contributed by atoms with Crippen LogP contribution in [-0.2, 0) is 14.4 Å². The first-order valence-electron chi connectivity index (χ1n) is 4.52. The van der Waals surface area contributed by atoms with E-state index in [0.29, 0.717) is 12.5 Å². The lowest BCUT2D eigenvalue weighted by Gasteiger charge is -2.07. The standard InChI is InChI=1S/C8H16N4O3/c1-5(2)3-10-6(13)4-11-7(14)8(15)12-9/h5H,3-4,9H2,1-2H3,(H,10,13)(H,11,14)(H,12,15). The van der Waals surface area contributed by atoms with Gasteiger partial charge in [-0.15, -0.1) is 0 Å². The van der Waals surface area contributed by atoms with E-state index < -0.39 is 11.8 Å². The summed E-state index contributed by atoms with van der Waals surface area (Å²) in [4.78, 5) is 32.5. The molecule has 3 amide bonds. The highest BCUT2D eigenvalue weighted by Gasteiger charge is 2.12. The molecule has 7 nitrogen and oxygen atoms in total. The summed E-state index contributed by atoms with van der Waals surface area (Å²) in [7, 11) is 0. The average Bonchev–Trinajstić information content (AvgIpc) is 2.21. The summed E-state index contributed by atoms with van der Waals surface area (Å²) in [5, 5.41) is 4.69. The van der Waals surface area contributed by atoms with E-state index >= 15 is 0 Å². The van der Waals surface area contributed by atoms with E-state index in [1.54, 1.807) is 5.43 Å². The van der Waals surface area contributed by atoms with Crippen LogP contribution in [0.5, 0.6) is 0 Å². The van der Waals surface area contributed by atoms with Crippen LogP contribution in [0.3, 0.4) is 0 Å². The van der Waals surface area contributed by atoms with Gasteiger partial charge in [0.25, 0.3) is 0 Å². The summed E-state index contributed by atoms with van der Waals surface area (Å²) in [6.07, 6.45) is 0. The lowest BCUT2D eigenvalue weighted by atomic mass is 10.2. The molecule has 0 spiro atoms. The molecule has 0 rings (SSSR count).